The van der Waals surface area contributed by atoms with Gasteiger partial charge in [-0.25, -0.2) is 9.07 Å². The van der Waals surface area contributed by atoms with E-state index in [1.165, 1.54) is 30.6 Å². The Labute approximate surface area is 169 Å². The second kappa shape index (κ2) is 7.47. The summed E-state index contributed by atoms with van der Waals surface area (Å²) in [6.45, 7) is 0. The topological polar surface area (TPSA) is 73.8 Å². The van der Waals surface area contributed by atoms with Crippen molar-refractivity contribution >= 4 is 18.3 Å². The molecule has 1 aliphatic rings. The largest absolute Gasteiger partial charge is 0.435 e. The van der Waals surface area contributed by atoms with E-state index >= 15 is 0 Å². The summed E-state index contributed by atoms with van der Waals surface area (Å²) in [5, 5.41) is 3.59. The molecule has 1 saturated carbocycles. The second-order valence-corrected chi connectivity index (χ2v) is 6.59. The lowest BCUT2D eigenvalue weighted by molar-refractivity contribution is -0.141. The van der Waals surface area contributed by atoms with Crippen LogP contribution in [-0.4, -0.2) is 20.7 Å². The molecule has 0 radical (unpaired) electrons. The molecule has 2 N–H and O–H groups in total. The number of pyridine rings is 1. The predicted molar refractivity (Wildman–Crippen MR) is 99.5 cm³/mol. The highest BCUT2D eigenvalue weighted by atomic mass is 35.5. The minimum absolute atomic E-state index is 0. The Hall–Kier alpha value is -2.94. The second-order valence-electron chi connectivity index (χ2n) is 6.59. The van der Waals surface area contributed by atoms with Crippen LogP contribution < -0.4 is 5.73 Å². The van der Waals surface area contributed by atoms with Gasteiger partial charge in [0.05, 0.1) is 0 Å². The Balaban J connectivity index is 0.00000240. The molecule has 1 fully saturated rings. The number of hydrogen-bond acceptors (Lipinski definition) is 3. The van der Waals surface area contributed by atoms with Crippen molar-refractivity contribution in [3.63, 3.8) is 0 Å². The quantitative estimate of drug-likeness (QED) is 0.625. The molecule has 29 heavy (non-hydrogen) atoms. The number of nitrogens with two attached hydrogens (primary N) is 1. The van der Waals surface area contributed by atoms with E-state index in [2.05, 4.69) is 10.1 Å². The normalized spacial score (nSPS) is 13.8. The van der Waals surface area contributed by atoms with Crippen molar-refractivity contribution in [3.05, 3.63) is 65.5 Å². The van der Waals surface area contributed by atoms with E-state index < -0.39 is 23.6 Å². The van der Waals surface area contributed by atoms with Crippen LogP contribution in [-0.2, 0) is 6.18 Å². The Bertz CT molecular complexity index is 1080. The third-order valence-corrected chi connectivity index (χ3v) is 4.60. The maximum Gasteiger partial charge on any atom is 0.435 e. The van der Waals surface area contributed by atoms with Crippen LogP contribution in [0.25, 0.3) is 16.8 Å². The average Bonchev–Trinajstić information content (AvgIpc) is 3.39. The third-order valence-electron chi connectivity index (χ3n) is 4.60. The van der Waals surface area contributed by atoms with Gasteiger partial charge in [-0.3, -0.25) is 9.78 Å². The number of carbonyl (C=O) groups excluding carboxylic acids is 1. The molecule has 0 bridgehead atoms. The van der Waals surface area contributed by atoms with E-state index in [0.29, 0.717) is 16.8 Å². The van der Waals surface area contributed by atoms with Gasteiger partial charge in [0, 0.05) is 35.1 Å². The lowest BCUT2D eigenvalue weighted by Gasteiger charge is -2.11. The fourth-order valence-electron chi connectivity index (χ4n) is 3.08. The third kappa shape index (κ3) is 3.95. The molecular formula is C19H15ClF4N4O. The van der Waals surface area contributed by atoms with Crippen molar-refractivity contribution in [2.45, 2.75) is 24.9 Å². The highest BCUT2D eigenvalue weighted by Gasteiger charge is 2.38. The van der Waals surface area contributed by atoms with Crippen LogP contribution in [0.5, 0.6) is 0 Å². The van der Waals surface area contributed by atoms with E-state index in [4.69, 9.17) is 5.73 Å². The molecule has 0 unspecified atom stereocenters. The van der Waals surface area contributed by atoms with E-state index in [-0.39, 0.29) is 29.6 Å². The highest BCUT2D eigenvalue weighted by Crippen LogP contribution is 2.43. The minimum Gasteiger partial charge on any atom is -0.366 e. The Morgan fingerprint density at radius 3 is 2.48 bits per heavy atom. The zero-order chi connectivity index (χ0) is 20.1. The number of alkyl halides is 3. The Kier molecular flexibility index (Phi) is 5.36. The van der Waals surface area contributed by atoms with Gasteiger partial charge in [-0.1, -0.05) is 6.07 Å². The van der Waals surface area contributed by atoms with Crippen LogP contribution in [0, 0.1) is 5.82 Å². The lowest BCUT2D eigenvalue weighted by Crippen LogP contribution is -2.12. The molecular weight excluding hydrogens is 412 g/mol. The van der Waals surface area contributed by atoms with Gasteiger partial charge >= 0.3 is 6.18 Å². The van der Waals surface area contributed by atoms with Gasteiger partial charge in [0.25, 0.3) is 0 Å². The summed E-state index contributed by atoms with van der Waals surface area (Å²) in [6, 6.07) is 6.34. The lowest BCUT2D eigenvalue weighted by atomic mass is 10.0. The number of carbonyl (C=O) groups is 1. The molecule has 5 nitrogen and oxygen atoms in total. The summed E-state index contributed by atoms with van der Waals surface area (Å²) in [5.41, 5.74) is 5.35. The van der Waals surface area contributed by atoms with Crippen LogP contribution in [0.4, 0.5) is 17.6 Å². The predicted octanol–water partition coefficient (Wildman–Crippen LogP) is 4.49. The van der Waals surface area contributed by atoms with Crippen LogP contribution >= 0.6 is 12.4 Å². The summed E-state index contributed by atoms with van der Waals surface area (Å²) in [6.07, 6.45) is -0.378. The van der Waals surface area contributed by atoms with Crippen LogP contribution in [0.2, 0.25) is 0 Å². The molecule has 0 aliphatic heterocycles. The number of hydrogen-bond donors (Lipinski definition) is 1. The molecule has 2 aromatic heterocycles. The van der Waals surface area contributed by atoms with Gasteiger partial charge in [0.1, 0.15) is 11.5 Å². The van der Waals surface area contributed by atoms with Gasteiger partial charge in [-0.05, 0) is 42.7 Å². The van der Waals surface area contributed by atoms with Crippen LogP contribution in [0.3, 0.4) is 0 Å². The molecule has 0 saturated heterocycles. The maximum absolute atomic E-state index is 14.8. The molecule has 2 heterocycles. The summed E-state index contributed by atoms with van der Waals surface area (Å²) in [4.78, 5) is 15.5. The van der Waals surface area contributed by atoms with Crippen molar-refractivity contribution in [1.29, 1.82) is 0 Å². The Morgan fingerprint density at radius 2 is 1.90 bits per heavy atom. The number of halogens is 5. The zero-order valence-electron chi connectivity index (χ0n) is 14.8. The smallest absolute Gasteiger partial charge is 0.366 e. The highest BCUT2D eigenvalue weighted by molar-refractivity contribution is 5.99. The van der Waals surface area contributed by atoms with E-state index in [1.54, 1.807) is 0 Å². The van der Waals surface area contributed by atoms with Crippen molar-refractivity contribution < 1.29 is 22.4 Å². The van der Waals surface area contributed by atoms with E-state index in [0.717, 1.165) is 29.7 Å². The molecule has 4 rings (SSSR count). The SMILES string of the molecule is Cl.NC(=O)c1ccncc1-c1ccc(-n2nc(C(F)(F)F)cc2C2CC2)c(F)c1. The van der Waals surface area contributed by atoms with E-state index in [9.17, 15) is 22.4 Å². The summed E-state index contributed by atoms with van der Waals surface area (Å²) in [7, 11) is 0. The number of aromatic nitrogens is 3. The van der Waals surface area contributed by atoms with Crippen molar-refractivity contribution in [3.8, 4) is 16.8 Å². The van der Waals surface area contributed by atoms with Crippen molar-refractivity contribution in [1.82, 2.24) is 14.8 Å². The van der Waals surface area contributed by atoms with Crippen molar-refractivity contribution in [2.24, 2.45) is 5.73 Å². The van der Waals surface area contributed by atoms with Gasteiger partial charge < -0.3 is 5.73 Å². The number of amides is 1. The van der Waals surface area contributed by atoms with Crippen LogP contribution in [0.15, 0.2) is 42.7 Å². The van der Waals surface area contributed by atoms with E-state index in [1.807, 2.05) is 0 Å². The molecule has 1 aliphatic carbocycles. The average molecular weight is 427 g/mol. The fraction of sp³-hybridized carbons (Fsp3) is 0.211. The first-order valence-corrected chi connectivity index (χ1v) is 8.47. The van der Waals surface area contributed by atoms with Crippen LogP contribution in [0.1, 0.15) is 40.5 Å². The number of primary amides is 1. The number of benzene rings is 1. The van der Waals surface area contributed by atoms with Gasteiger partial charge in [-0.2, -0.15) is 18.3 Å². The summed E-state index contributed by atoms with van der Waals surface area (Å²) in [5.74, 6) is -1.53. The summed E-state index contributed by atoms with van der Waals surface area (Å²) >= 11 is 0. The first-order valence-electron chi connectivity index (χ1n) is 8.47. The number of rotatable bonds is 4. The monoisotopic (exact) mass is 426 g/mol. The molecule has 0 spiro atoms. The zero-order valence-corrected chi connectivity index (χ0v) is 15.6. The first kappa shape index (κ1) is 20.8. The standard InChI is InChI=1S/C19H14F4N4O.ClH/c20-14-7-11(13-9-25-6-5-12(13)18(24)28)3-4-15(14)27-16(10-1-2-10)8-17(26-27)19(21,22)23;/h3-10H,1-2H2,(H2,24,28);1H. The molecule has 152 valence electrons. The first-order chi connectivity index (χ1) is 13.3. The minimum atomic E-state index is -4.61. The molecule has 3 aromatic rings. The molecule has 1 aromatic carbocycles. The fourth-order valence-corrected chi connectivity index (χ4v) is 3.08. The summed E-state index contributed by atoms with van der Waals surface area (Å²) < 4.78 is 55.1. The number of nitrogens with zero attached hydrogens (tertiary/aromatic N) is 3. The Morgan fingerprint density at radius 1 is 1.17 bits per heavy atom. The van der Waals surface area contributed by atoms with Gasteiger partial charge in [0.2, 0.25) is 5.91 Å². The molecule has 1 amide bonds. The van der Waals surface area contributed by atoms with Gasteiger partial charge in [-0.15, -0.1) is 12.4 Å². The molecule has 0 atom stereocenters. The van der Waals surface area contributed by atoms with Crippen molar-refractivity contribution in [2.75, 3.05) is 0 Å². The maximum atomic E-state index is 14.8. The molecule has 10 heteroatoms. The van der Waals surface area contributed by atoms with Gasteiger partial charge in [0.15, 0.2) is 5.69 Å².